The van der Waals surface area contributed by atoms with E-state index < -0.39 is 0 Å². The van der Waals surface area contributed by atoms with Gasteiger partial charge >= 0.3 is 0 Å². The van der Waals surface area contributed by atoms with Crippen LogP contribution < -0.4 is 10.1 Å². The van der Waals surface area contributed by atoms with Gasteiger partial charge in [0.2, 0.25) is 0 Å². The second kappa shape index (κ2) is 7.79. The van der Waals surface area contributed by atoms with E-state index >= 15 is 0 Å². The van der Waals surface area contributed by atoms with Crippen molar-refractivity contribution in [2.45, 2.75) is 26.4 Å². The Bertz CT molecular complexity index is 601. The Balaban J connectivity index is 0.00000200. The fourth-order valence-corrected chi connectivity index (χ4v) is 2.06. The summed E-state index contributed by atoms with van der Waals surface area (Å²) in [7, 11) is 0. The third kappa shape index (κ3) is 3.90. The quantitative estimate of drug-likeness (QED) is 0.846. The Morgan fingerprint density at radius 1 is 1.20 bits per heavy atom. The molecule has 0 aromatic heterocycles. The highest BCUT2D eigenvalue weighted by Gasteiger charge is 2.09. The van der Waals surface area contributed by atoms with Gasteiger partial charge in [0.05, 0.1) is 0 Å². The molecule has 20 heavy (non-hydrogen) atoms. The van der Waals surface area contributed by atoms with Crippen LogP contribution >= 0.6 is 12.4 Å². The van der Waals surface area contributed by atoms with E-state index in [-0.39, 0.29) is 12.4 Å². The zero-order valence-corrected chi connectivity index (χ0v) is 12.7. The molecule has 2 nitrogen and oxygen atoms in total. The lowest BCUT2D eigenvalue weighted by molar-refractivity contribution is 0.365. The fourth-order valence-electron chi connectivity index (χ4n) is 2.06. The Hall–Kier alpha value is -1.69. The molecular weight excluding hydrogens is 270 g/mol. The number of halogens is 1. The topological polar surface area (TPSA) is 21.3 Å². The number of rotatable bonds is 5. The molecule has 2 aromatic carbocycles. The van der Waals surface area contributed by atoms with E-state index in [1.54, 1.807) is 0 Å². The highest BCUT2D eigenvalue weighted by molar-refractivity contribution is 5.87. The molecule has 0 aliphatic carbocycles. The average Bonchev–Trinajstić information content (AvgIpc) is 2.42. The first-order valence-corrected chi connectivity index (χ1v) is 6.52. The molecule has 106 valence electrons. The molecule has 3 heteroatoms. The van der Waals surface area contributed by atoms with Crippen molar-refractivity contribution >= 4 is 23.2 Å². The summed E-state index contributed by atoms with van der Waals surface area (Å²) in [6.45, 7) is 5.34. The smallest absolute Gasteiger partial charge is 0.148 e. The van der Waals surface area contributed by atoms with Crippen LogP contribution in [0.1, 0.15) is 19.4 Å². The summed E-state index contributed by atoms with van der Waals surface area (Å²) in [6.07, 6.45) is 5.27. The second-order valence-electron chi connectivity index (χ2n) is 4.79. The van der Waals surface area contributed by atoms with Gasteiger partial charge in [-0.05, 0) is 16.8 Å². The summed E-state index contributed by atoms with van der Waals surface area (Å²) in [5, 5.41) is 5.87. The SMILES string of the molecule is C#CCOc1ccc2ccccc2c1CNC(C)C.Cl. The monoisotopic (exact) mass is 289 g/mol. The van der Waals surface area contributed by atoms with Crippen molar-refractivity contribution < 1.29 is 4.74 Å². The van der Waals surface area contributed by atoms with Crippen molar-refractivity contribution in [3.8, 4) is 18.1 Å². The highest BCUT2D eigenvalue weighted by atomic mass is 35.5. The zero-order chi connectivity index (χ0) is 13.7. The van der Waals surface area contributed by atoms with Crippen molar-refractivity contribution in [2.75, 3.05) is 6.61 Å². The van der Waals surface area contributed by atoms with Gasteiger partial charge in [0.1, 0.15) is 12.4 Å². The Morgan fingerprint density at radius 2 is 1.95 bits per heavy atom. The summed E-state index contributed by atoms with van der Waals surface area (Å²) < 4.78 is 5.65. The van der Waals surface area contributed by atoms with Crippen molar-refractivity contribution in [2.24, 2.45) is 0 Å². The van der Waals surface area contributed by atoms with Crippen molar-refractivity contribution in [1.29, 1.82) is 0 Å². The van der Waals surface area contributed by atoms with Gasteiger partial charge < -0.3 is 10.1 Å². The zero-order valence-electron chi connectivity index (χ0n) is 11.8. The second-order valence-corrected chi connectivity index (χ2v) is 4.79. The maximum atomic E-state index is 5.65. The van der Waals surface area contributed by atoms with Crippen LogP contribution in [0, 0.1) is 12.3 Å². The molecule has 2 aromatic rings. The average molecular weight is 290 g/mol. The molecule has 0 radical (unpaired) electrons. The number of benzene rings is 2. The molecule has 0 atom stereocenters. The number of hydrogen-bond acceptors (Lipinski definition) is 2. The molecule has 1 N–H and O–H groups in total. The summed E-state index contributed by atoms with van der Waals surface area (Å²) in [6, 6.07) is 12.8. The van der Waals surface area contributed by atoms with Gasteiger partial charge in [-0.1, -0.05) is 50.1 Å². The van der Waals surface area contributed by atoms with Gasteiger partial charge in [0.15, 0.2) is 0 Å². The maximum absolute atomic E-state index is 5.65. The van der Waals surface area contributed by atoms with E-state index in [9.17, 15) is 0 Å². The largest absolute Gasteiger partial charge is 0.481 e. The van der Waals surface area contributed by atoms with Crippen molar-refractivity contribution in [3.63, 3.8) is 0 Å². The van der Waals surface area contributed by atoms with Crippen LogP contribution in [-0.2, 0) is 6.54 Å². The molecule has 0 fully saturated rings. The van der Waals surface area contributed by atoms with E-state index in [1.165, 1.54) is 16.3 Å². The normalized spacial score (nSPS) is 10.1. The lowest BCUT2D eigenvalue weighted by atomic mass is 10.0. The predicted octanol–water partition coefficient (Wildman–Crippen LogP) is 3.77. The van der Waals surface area contributed by atoms with Crippen LogP contribution in [0.2, 0.25) is 0 Å². The summed E-state index contributed by atoms with van der Waals surface area (Å²) in [5.41, 5.74) is 1.17. The standard InChI is InChI=1S/C17H19NO.ClH/c1-4-11-19-17-10-9-14-7-5-6-8-15(14)16(17)12-18-13(2)3;/h1,5-10,13,18H,11-12H2,2-3H3;1H. The van der Waals surface area contributed by atoms with Gasteiger partial charge in [0.25, 0.3) is 0 Å². The maximum Gasteiger partial charge on any atom is 0.148 e. The summed E-state index contributed by atoms with van der Waals surface area (Å²) >= 11 is 0. The van der Waals surface area contributed by atoms with Crippen LogP contribution in [0.5, 0.6) is 5.75 Å². The first-order valence-electron chi connectivity index (χ1n) is 6.52. The highest BCUT2D eigenvalue weighted by Crippen LogP contribution is 2.28. The molecule has 0 aliphatic rings. The minimum atomic E-state index is 0. The first-order chi connectivity index (χ1) is 9.22. The van der Waals surface area contributed by atoms with Gasteiger partial charge in [-0.2, -0.15) is 0 Å². The molecule has 0 amide bonds. The Kier molecular flexibility index (Phi) is 6.38. The molecule has 0 bridgehead atoms. The number of fused-ring (bicyclic) bond motifs is 1. The molecule has 0 spiro atoms. The van der Waals surface area contributed by atoms with Crippen LogP contribution in [-0.4, -0.2) is 12.6 Å². The Morgan fingerprint density at radius 3 is 2.65 bits per heavy atom. The molecule has 0 saturated heterocycles. The minimum absolute atomic E-state index is 0. The third-order valence-corrected chi connectivity index (χ3v) is 3.00. The number of hydrogen-bond donors (Lipinski definition) is 1. The lowest BCUT2D eigenvalue weighted by Crippen LogP contribution is -2.22. The number of terminal acetylenes is 1. The lowest BCUT2D eigenvalue weighted by Gasteiger charge is -2.15. The minimum Gasteiger partial charge on any atom is -0.481 e. The van der Waals surface area contributed by atoms with Crippen molar-refractivity contribution in [3.05, 3.63) is 42.0 Å². The van der Waals surface area contributed by atoms with Crippen LogP contribution in [0.3, 0.4) is 0 Å². The van der Waals surface area contributed by atoms with E-state index in [0.29, 0.717) is 12.6 Å². The van der Waals surface area contributed by atoms with E-state index in [4.69, 9.17) is 11.2 Å². The van der Waals surface area contributed by atoms with Gasteiger partial charge in [-0.15, -0.1) is 18.8 Å². The van der Waals surface area contributed by atoms with E-state index in [2.05, 4.69) is 43.3 Å². The van der Waals surface area contributed by atoms with E-state index in [0.717, 1.165) is 12.3 Å². The molecular formula is C17H20ClNO. The third-order valence-electron chi connectivity index (χ3n) is 3.00. The number of nitrogens with one attached hydrogen (secondary N) is 1. The molecule has 0 heterocycles. The van der Waals surface area contributed by atoms with E-state index in [1.807, 2.05) is 18.2 Å². The Labute approximate surface area is 126 Å². The van der Waals surface area contributed by atoms with Gasteiger partial charge in [-0.25, -0.2) is 0 Å². The molecule has 2 rings (SSSR count). The summed E-state index contributed by atoms with van der Waals surface area (Å²) in [4.78, 5) is 0. The number of ether oxygens (including phenoxy) is 1. The first kappa shape index (κ1) is 16.4. The fraction of sp³-hybridized carbons (Fsp3) is 0.294. The van der Waals surface area contributed by atoms with Crippen LogP contribution in [0.15, 0.2) is 36.4 Å². The predicted molar refractivity (Wildman–Crippen MR) is 87.5 cm³/mol. The van der Waals surface area contributed by atoms with Crippen LogP contribution in [0.4, 0.5) is 0 Å². The molecule has 0 unspecified atom stereocenters. The molecule has 0 saturated carbocycles. The van der Waals surface area contributed by atoms with Crippen LogP contribution in [0.25, 0.3) is 10.8 Å². The van der Waals surface area contributed by atoms with Crippen molar-refractivity contribution in [1.82, 2.24) is 5.32 Å². The molecule has 0 aliphatic heterocycles. The van der Waals surface area contributed by atoms with Gasteiger partial charge in [-0.3, -0.25) is 0 Å². The van der Waals surface area contributed by atoms with Gasteiger partial charge in [0, 0.05) is 18.2 Å². The summed E-state index contributed by atoms with van der Waals surface area (Å²) in [5.74, 6) is 3.38.